The Bertz CT molecular complexity index is 2280. The van der Waals surface area contributed by atoms with Gasteiger partial charge in [-0.1, -0.05) is 97.1 Å². The first-order chi connectivity index (χ1) is 24.9. The summed E-state index contributed by atoms with van der Waals surface area (Å²) >= 11 is 0. The average Bonchev–Trinajstić information content (AvgIpc) is 3.67. The molecule has 1 aliphatic heterocycles. The van der Waals surface area contributed by atoms with E-state index in [4.69, 9.17) is 14.8 Å². The van der Waals surface area contributed by atoms with E-state index >= 15 is 0 Å². The van der Waals surface area contributed by atoms with Crippen LogP contribution in [0.5, 0.6) is 5.75 Å². The van der Waals surface area contributed by atoms with Crippen molar-refractivity contribution < 1.29 is 13.2 Å². The Balaban J connectivity index is 1.10. The predicted octanol–water partition coefficient (Wildman–Crippen LogP) is 7.78. The molecule has 3 heterocycles. The van der Waals surface area contributed by atoms with Crippen molar-refractivity contribution in [2.75, 3.05) is 24.2 Å². The molecule has 0 radical (unpaired) electrons. The van der Waals surface area contributed by atoms with E-state index in [2.05, 4.69) is 112 Å². The summed E-state index contributed by atoms with van der Waals surface area (Å²) < 4.78 is 32.0. The van der Waals surface area contributed by atoms with E-state index in [0.29, 0.717) is 5.75 Å². The van der Waals surface area contributed by atoms with Gasteiger partial charge in [-0.2, -0.15) is 5.10 Å². The lowest BCUT2D eigenvalue weighted by Crippen LogP contribution is -2.38. The standard InChI is InChI=1S/C42H37N5O3S/c1-51(48,49)38-20-18-36(19-21-38)50-37-23-25-46(26-24-37)41-39-27-31(17-22-40(39)43-30-44-41)32-28-45-47(29-32)42(33-11-5-2-6-12-33,34-13-7-3-8-14-34)35-15-9-4-10-16-35/h2-22,27-30,37H,23-26H2,1H3. The first-order valence-corrected chi connectivity index (χ1v) is 19.0. The van der Waals surface area contributed by atoms with Gasteiger partial charge in [-0.15, -0.1) is 0 Å². The molecule has 2 aromatic heterocycles. The number of anilines is 1. The van der Waals surface area contributed by atoms with E-state index in [1.807, 2.05) is 24.4 Å². The van der Waals surface area contributed by atoms with Gasteiger partial charge in [0, 0.05) is 49.3 Å². The molecular weight excluding hydrogens is 655 g/mol. The Kier molecular flexibility index (Phi) is 8.57. The minimum absolute atomic E-state index is 0.0268. The summed E-state index contributed by atoms with van der Waals surface area (Å²) in [5, 5.41) is 6.06. The summed E-state index contributed by atoms with van der Waals surface area (Å²) in [6.07, 6.45) is 8.58. The van der Waals surface area contributed by atoms with Gasteiger partial charge in [0.25, 0.3) is 0 Å². The van der Waals surface area contributed by atoms with Crippen LogP contribution in [0, 0.1) is 0 Å². The second-order valence-electron chi connectivity index (χ2n) is 13.0. The van der Waals surface area contributed by atoms with Gasteiger partial charge in [0.2, 0.25) is 0 Å². The van der Waals surface area contributed by atoms with Gasteiger partial charge in [-0.25, -0.2) is 18.4 Å². The fourth-order valence-corrected chi connectivity index (χ4v) is 7.84. The SMILES string of the molecule is CS(=O)(=O)c1ccc(OC2CCN(c3ncnc4ccc(-c5cnn(C(c6ccccc6)(c6ccccc6)c6ccccc6)c5)cc34)CC2)cc1. The summed E-state index contributed by atoms with van der Waals surface area (Å²) in [5.41, 5.74) is 5.55. The smallest absolute Gasteiger partial charge is 0.175 e. The molecule has 1 saturated heterocycles. The van der Waals surface area contributed by atoms with Crippen molar-refractivity contribution in [2.24, 2.45) is 0 Å². The lowest BCUT2D eigenvalue weighted by Gasteiger charge is -2.36. The Morgan fingerprint density at radius 2 is 1.29 bits per heavy atom. The van der Waals surface area contributed by atoms with Crippen molar-refractivity contribution >= 4 is 26.6 Å². The van der Waals surface area contributed by atoms with Crippen molar-refractivity contribution in [3.63, 3.8) is 0 Å². The van der Waals surface area contributed by atoms with Crippen molar-refractivity contribution in [3.8, 4) is 16.9 Å². The summed E-state index contributed by atoms with van der Waals surface area (Å²) in [5.74, 6) is 1.58. The second-order valence-corrected chi connectivity index (χ2v) is 15.0. The molecule has 51 heavy (non-hydrogen) atoms. The van der Waals surface area contributed by atoms with Crippen LogP contribution in [0.25, 0.3) is 22.0 Å². The van der Waals surface area contributed by atoms with Gasteiger partial charge in [-0.3, -0.25) is 4.68 Å². The van der Waals surface area contributed by atoms with Crippen LogP contribution >= 0.6 is 0 Å². The van der Waals surface area contributed by atoms with Crippen LogP contribution in [0.4, 0.5) is 5.82 Å². The molecule has 0 saturated carbocycles. The highest BCUT2D eigenvalue weighted by Crippen LogP contribution is 2.41. The predicted molar refractivity (Wildman–Crippen MR) is 201 cm³/mol. The average molecular weight is 692 g/mol. The molecule has 7 aromatic rings. The Labute approximate surface area is 297 Å². The number of rotatable bonds is 9. The highest BCUT2D eigenvalue weighted by Gasteiger charge is 2.39. The number of fused-ring (bicyclic) bond motifs is 1. The second kappa shape index (κ2) is 13.5. The zero-order valence-corrected chi connectivity index (χ0v) is 29.0. The minimum Gasteiger partial charge on any atom is -0.490 e. The van der Waals surface area contributed by atoms with Crippen molar-refractivity contribution in [1.82, 2.24) is 19.7 Å². The third-order valence-corrected chi connectivity index (χ3v) is 10.9. The molecule has 0 atom stereocenters. The lowest BCUT2D eigenvalue weighted by molar-refractivity contribution is 0.170. The number of nitrogens with zero attached hydrogens (tertiary/aromatic N) is 5. The fraction of sp³-hybridized carbons (Fsp3) is 0.167. The van der Waals surface area contributed by atoms with Gasteiger partial charge in [-0.05, 0) is 58.7 Å². The monoisotopic (exact) mass is 691 g/mol. The molecular formula is C42H37N5O3S. The van der Waals surface area contributed by atoms with Crippen molar-refractivity contribution in [3.05, 3.63) is 169 Å². The zero-order valence-electron chi connectivity index (χ0n) is 28.2. The van der Waals surface area contributed by atoms with E-state index in [-0.39, 0.29) is 11.0 Å². The van der Waals surface area contributed by atoms with Crippen LogP contribution in [0.15, 0.2) is 157 Å². The van der Waals surface area contributed by atoms with E-state index in [9.17, 15) is 8.42 Å². The van der Waals surface area contributed by atoms with Crippen LogP contribution in [0.1, 0.15) is 29.5 Å². The maximum Gasteiger partial charge on any atom is 0.175 e. The van der Waals surface area contributed by atoms with Crippen LogP contribution in [0.2, 0.25) is 0 Å². The lowest BCUT2D eigenvalue weighted by atomic mass is 9.77. The maximum atomic E-state index is 11.8. The molecule has 5 aromatic carbocycles. The normalized spacial score (nSPS) is 14.1. The zero-order chi connectivity index (χ0) is 34.8. The topological polar surface area (TPSA) is 90.2 Å². The van der Waals surface area contributed by atoms with Crippen LogP contribution in [0.3, 0.4) is 0 Å². The Hall–Kier alpha value is -5.80. The molecule has 254 valence electrons. The van der Waals surface area contributed by atoms with Crippen molar-refractivity contribution in [1.29, 1.82) is 0 Å². The third-order valence-electron chi connectivity index (χ3n) is 9.74. The molecule has 8 rings (SSSR count). The van der Waals surface area contributed by atoms with E-state index in [1.165, 1.54) is 6.26 Å². The van der Waals surface area contributed by atoms with Crippen LogP contribution in [-0.4, -0.2) is 53.6 Å². The number of hydrogen-bond donors (Lipinski definition) is 0. The van der Waals surface area contributed by atoms with Gasteiger partial charge in [0.05, 0.1) is 16.6 Å². The summed E-state index contributed by atoms with van der Waals surface area (Å²) in [7, 11) is -3.25. The maximum absolute atomic E-state index is 11.8. The highest BCUT2D eigenvalue weighted by molar-refractivity contribution is 7.90. The highest BCUT2D eigenvalue weighted by atomic mass is 32.2. The van der Waals surface area contributed by atoms with E-state index in [1.54, 1.807) is 30.6 Å². The number of benzene rings is 5. The van der Waals surface area contributed by atoms with Gasteiger partial charge < -0.3 is 9.64 Å². The van der Waals surface area contributed by atoms with Crippen molar-refractivity contribution in [2.45, 2.75) is 29.4 Å². The molecule has 0 amide bonds. The largest absolute Gasteiger partial charge is 0.490 e. The summed E-state index contributed by atoms with van der Waals surface area (Å²) in [6.45, 7) is 1.54. The van der Waals surface area contributed by atoms with Gasteiger partial charge in [0.15, 0.2) is 9.84 Å². The van der Waals surface area contributed by atoms with Crippen LogP contribution < -0.4 is 9.64 Å². The van der Waals surface area contributed by atoms with Gasteiger partial charge in [0.1, 0.15) is 29.5 Å². The molecule has 1 aliphatic rings. The van der Waals surface area contributed by atoms with E-state index in [0.717, 1.165) is 70.5 Å². The van der Waals surface area contributed by atoms with Crippen LogP contribution in [-0.2, 0) is 15.4 Å². The first-order valence-electron chi connectivity index (χ1n) is 17.1. The summed E-state index contributed by atoms with van der Waals surface area (Å²) in [6, 6.07) is 44.6. The molecule has 0 bridgehead atoms. The number of sulfone groups is 1. The minimum atomic E-state index is -3.25. The molecule has 8 nitrogen and oxygen atoms in total. The number of hydrogen-bond acceptors (Lipinski definition) is 7. The quantitative estimate of drug-likeness (QED) is 0.143. The fourth-order valence-electron chi connectivity index (χ4n) is 7.21. The molecule has 9 heteroatoms. The first kappa shape index (κ1) is 32.4. The van der Waals surface area contributed by atoms with Gasteiger partial charge >= 0.3 is 0 Å². The number of ether oxygens (including phenoxy) is 1. The number of piperidine rings is 1. The van der Waals surface area contributed by atoms with E-state index < -0.39 is 15.4 Å². The molecule has 1 fully saturated rings. The molecule has 0 N–H and O–H groups in total. The number of aromatic nitrogens is 4. The summed E-state index contributed by atoms with van der Waals surface area (Å²) in [4.78, 5) is 12.0. The Morgan fingerprint density at radius 3 is 1.86 bits per heavy atom. The third kappa shape index (κ3) is 6.25. The molecule has 0 spiro atoms. The molecule has 0 unspecified atom stereocenters. The molecule has 0 aliphatic carbocycles. The Morgan fingerprint density at radius 1 is 0.706 bits per heavy atom.